The van der Waals surface area contributed by atoms with Gasteiger partial charge in [-0.3, -0.25) is 0 Å². The Morgan fingerprint density at radius 1 is 1.21 bits per heavy atom. The van der Waals surface area contributed by atoms with Gasteiger partial charge in [-0.1, -0.05) is 6.07 Å². The van der Waals surface area contributed by atoms with Crippen LogP contribution >= 0.6 is 0 Å². The first-order valence-electron chi connectivity index (χ1n) is 8.65. The van der Waals surface area contributed by atoms with Gasteiger partial charge in [-0.15, -0.1) is 0 Å². The van der Waals surface area contributed by atoms with Crippen LogP contribution in [0.15, 0.2) is 39.9 Å². The highest BCUT2D eigenvalue weighted by Crippen LogP contribution is 2.30. The third kappa shape index (κ3) is 3.91. The van der Waals surface area contributed by atoms with E-state index in [9.17, 15) is 5.11 Å². The number of nitrogens with zero attached hydrogens (tertiary/aromatic N) is 1. The number of rotatable bonds is 5. The second-order valence-corrected chi connectivity index (χ2v) is 6.04. The number of furan rings is 1. The van der Waals surface area contributed by atoms with E-state index in [0.717, 1.165) is 36.7 Å². The Kier molecular flexibility index (Phi) is 5.41. The SMILES string of the molecule is CCNC(=NCc1c(O)ccc2c1CCCC2)NCc1ccco1. The van der Waals surface area contributed by atoms with E-state index >= 15 is 0 Å². The molecule has 3 N–H and O–H groups in total. The lowest BCUT2D eigenvalue weighted by molar-refractivity contribution is 0.465. The van der Waals surface area contributed by atoms with E-state index < -0.39 is 0 Å². The van der Waals surface area contributed by atoms with E-state index in [4.69, 9.17) is 4.42 Å². The van der Waals surface area contributed by atoms with Crippen LogP contribution in [0.3, 0.4) is 0 Å². The number of hydrogen-bond acceptors (Lipinski definition) is 3. The molecule has 3 rings (SSSR count). The number of aliphatic imine (C=N–C) groups is 1. The molecule has 0 saturated carbocycles. The maximum absolute atomic E-state index is 10.3. The summed E-state index contributed by atoms with van der Waals surface area (Å²) in [7, 11) is 0. The normalized spacial score (nSPS) is 14.3. The van der Waals surface area contributed by atoms with Crippen molar-refractivity contribution in [2.24, 2.45) is 4.99 Å². The largest absolute Gasteiger partial charge is 0.508 e. The van der Waals surface area contributed by atoms with Crippen LogP contribution in [0.5, 0.6) is 5.75 Å². The molecule has 5 nitrogen and oxygen atoms in total. The molecule has 0 spiro atoms. The summed E-state index contributed by atoms with van der Waals surface area (Å²) in [5, 5.41) is 16.8. The Morgan fingerprint density at radius 3 is 2.88 bits per heavy atom. The molecule has 24 heavy (non-hydrogen) atoms. The van der Waals surface area contributed by atoms with E-state index in [2.05, 4.69) is 21.7 Å². The van der Waals surface area contributed by atoms with Crippen molar-refractivity contribution in [2.45, 2.75) is 45.7 Å². The number of benzene rings is 1. The summed E-state index contributed by atoms with van der Waals surface area (Å²) in [6.07, 6.45) is 6.21. The van der Waals surface area contributed by atoms with E-state index in [1.165, 1.54) is 24.0 Å². The molecule has 0 amide bonds. The van der Waals surface area contributed by atoms with E-state index in [-0.39, 0.29) is 0 Å². The highest BCUT2D eigenvalue weighted by Gasteiger charge is 2.16. The van der Waals surface area contributed by atoms with Gasteiger partial charge < -0.3 is 20.2 Å². The minimum atomic E-state index is 0.348. The number of phenols is 1. The van der Waals surface area contributed by atoms with Crippen LogP contribution in [0, 0.1) is 0 Å². The smallest absolute Gasteiger partial charge is 0.191 e. The van der Waals surface area contributed by atoms with Crippen molar-refractivity contribution in [3.63, 3.8) is 0 Å². The summed E-state index contributed by atoms with van der Waals surface area (Å²) < 4.78 is 5.33. The first kappa shape index (κ1) is 16.4. The lowest BCUT2D eigenvalue weighted by Crippen LogP contribution is -2.36. The highest BCUT2D eigenvalue weighted by molar-refractivity contribution is 5.79. The van der Waals surface area contributed by atoms with Crippen LogP contribution in [0.25, 0.3) is 0 Å². The van der Waals surface area contributed by atoms with Gasteiger partial charge in [-0.2, -0.15) is 0 Å². The minimum Gasteiger partial charge on any atom is -0.508 e. The molecule has 0 bridgehead atoms. The third-order valence-corrected chi connectivity index (χ3v) is 4.38. The third-order valence-electron chi connectivity index (χ3n) is 4.38. The number of aromatic hydroxyl groups is 1. The van der Waals surface area contributed by atoms with E-state index in [1.807, 2.05) is 19.1 Å². The lowest BCUT2D eigenvalue weighted by Gasteiger charge is -2.20. The topological polar surface area (TPSA) is 69.8 Å². The molecule has 5 heteroatoms. The zero-order valence-electron chi connectivity index (χ0n) is 14.1. The quantitative estimate of drug-likeness (QED) is 0.583. The first-order chi connectivity index (χ1) is 11.8. The molecule has 2 aromatic rings. The van der Waals surface area contributed by atoms with Gasteiger partial charge in [0.15, 0.2) is 5.96 Å². The maximum atomic E-state index is 10.3. The zero-order chi connectivity index (χ0) is 16.8. The van der Waals surface area contributed by atoms with Gasteiger partial charge in [-0.25, -0.2) is 4.99 Å². The van der Waals surface area contributed by atoms with Gasteiger partial charge in [0, 0.05) is 12.1 Å². The Balaban J connectivity index is 1.74. The summed E-state index contributed by atoms with van der Waals surface area (Å²) in [5.41, 5.74) is 3.60. The Labute approximate surface area is 142 Å². The predicted octanol–water partition coefficient (Wildman–Crippen LogP) is 3.12. The van der Waals surface area contributed by atoms with Crippen molar-refractivity contribution < 1.29 is 9.52 Å². The molecule has 0 radical (unpaired) electrons. The number of phenolic OH excluding ortho intramolecular Hbond substituents is 1. The first-order valence-corrected chi connectivity index (χ1v) is 8.65. The fourth-order valence-corrected chi connectivity index (χ4v) is 3.15. The van der Waals surface area contributed by atoms with Crippen LogP contribution in [-0.4, -0.2) is 17.6 Å². The van der Waals surface area contributed by atoms with Crippen LogP contribution in [0.2, 0.25) is 0 Å². The summed E-state index contributed by atoms with van der Waals surface area (Å²) >= 11 is 0. The Bertz CT molecular complexity index is 693. The van der Waals surface area contributed by atoms with Crippen molar-refractivity contribution in [1.82, 2.24) is 10.6 Å². The van der Waals surface area contributed by atoms with Gasteiger partial charge >= 0.3 is 0 Å². The highest BCUT2D eigenvalue weighted by atomic mass is 16.3. The lowest BCUT2D eigenvalue weighted by atomic mass is 9.88. The average Bonchev–Trinajstić information content (AvgIpc) is 3.12. The molecule has 1 heterocycles. The van der Waals surface area contributed by atoms with Crippen molar-refractivity contribution >= 4 is 5.96 Å². The molecule has 0 atom stereocenters. The van der Waals surface area contributed by atoms with E-state index in [1.54, 1.807) is 12.3 Å². The Hall–Kier alpha value is -2.43. The molecule has 1 aromatic heterocycles. The van der Waals surface area contributed by atoms with Gasteiger partial charge in [0.25, 0.3) is 0 Å². The number of aryl methyl sites for hydroxylation is 1. The van der Waals surface area contributed by atoms with Crippen molar-refractivity contribution in [2.75, 3.05) is 6.54 Å². The molecule has 128 valence electrons. The Morgan fingerprint density at radius 2 is 2.08 bits per heavy atom. The van der Waals surface area contributed by atoms with Crippen molar-refractivity contribution in [1.29, 1.82) is 0 Å². The molecular formula is C19H25N3O2. The molecule has 1 aliphatic rings. The van der Waals surface area contributed by atoms with E-state index in [0.29, 0.717) is 18.8 Å². The number of hydrogen-bond donors (Lipinski definition) is 3. The van der Waals surface area contributed by atoms with Crippen LogP contribution in [-0.2, 0) is 25.9 Å². The molecule has 1 aliphatic carbocycles. The average molecular weight is 327 g/mol. The van der Waals surface area contributed by atoms with Gasteiger partial charge in [0.05, 0.1) is 19.4 Å². The molecule has 0 fully saturated rings. The number of guanidine groups is 1. The summed E-state index contributed by atoms with van der Waals surface area (Å²) in [5.74, 6) is 1.93. The summed E-state index contributed by atoms with van der Waals surface area (Å²) in [6, 6.07) is 7.65. The van der Waals surface area contributed by atoms with Crippen LogP contribution in [0.4, 0.5) is 0 Å². The molecule has 0 unspecified atom stereocenters. The van der Waals surface area contributed by atoms with Crippen molar-refractivity contribution in [3.8, 4) is 5.75 Å². The van der Waals surface area contributed by atoms with Crippen LogP contribution < -0.4 is 10.6 Å². The van der Waals surface area contributed by atoms with Gasteiger partial charge in [0.2, 0.25) is 0 Å². The minimum absolute atomic E-state index is 0.348. The fourth-order valence-electron chi connectivity index (χ4n) is 3.15. The van der Waals surface area contributed by atoms with Gasteiger partial charge in [0.1, 0.15) is 11.5 Å². The van der Waals surface area contributed by atoms with Gasteiger partial charge in [-0.05, 0) is 61.9 Å². The zero-order valence-corrected chi connectivity index (χ0v) is 14.1. The monoisotopic (exact) mass is 327 g/mol. The summed E-state index contributed by atoms with van der Waals surface area (Å²) in [4.78, 5) is 4.64. The predicted molar refractivity (Wildman–Crippen MR) is 95.1 cm³/mol. The second-order valence-electron chi connectivity index (χ2n) is 6.04. The van der Waals surface area contributed by atoms with Crippen molar-refractivity contribution in [3.05, 3.63) is 53.0 Å². The fraction of sp³-hybridized carbons (Fsp3) is 0.421. The second kappa shape index (κ2) is 7.90. The molecule has 0 aliphatic heterocycles. The maximum Gasteiger partial charge on any atom is 0.191 e. The number of nitrogens with one attached hydrogen (secondary N) is 2. The molecule has 0 saturated heterocycles. The summed E-state index contributed by atoms with van der Waals surface area (Å²) in [6.45, 7) is 3.87. The molecular weight excluding hydrogens is 302 g/mol. The standard InChI is InChI=1S/C19H25N3O2/c1-2-20-19(21-12-15-7-5-11-24-15)22-13-17-16-8-4-3-6-14(16)9-10-18(17)23/h5,7,9-11,23H,2-4,6,8,12-13H2,1H3,(H2,20,21,22). The molecule has 1 aromatic carbocycles. The van der Waals surface area contributed by atoms with Crippen LogP contribution in [0.1, 0.15) is 42.2 Å². The number of fused-ring (bicyclic) bond motifs is 1.